The molecule has 0 aliphatic carbocycles. The molecule has 0 saturated carbocycles. The average molecular weight is 257 g/mol. The van der Waals surface area contributed by atoms with Gasteiger partial charge in [-0.25, -0.2) is 4.98 Å². The van der Waals surface area contributed by atoms with Gasteiger partial charge in [-0.1, -0.05) is 0 Å². The molecule has 19 heavy (non-hydrogen) atoms. The van der Waals surface area contributed by atoms with E-state index in [2.05, 4.69) is 22.3 Å². The number of aromatic nitrogens is 4. The molecule has 0 bridgehead atoms. The van der Waals surface area contributed by atoms with Crippen LogP contribution in [-0.2, 0) is 13.0 Å². The second kappa shape index (κ2) is 5.48. The Bertz CT molecular complexity index is 542. The normalized spacial score (nSPS) is 18.9. The van der Waals surface area contributed by atoms with Gasteiger partial charge in [0.1, 0.15) is 5.69 Å². The molecule has 3 rings (SSSR count). The Labute approximate surface area is 113 Å². The van der Waals surface area contributed by atoms with Crippen molar-refractivity contribution in [2.45, 2.75) is 26.3 Å². The van der Waals surface area contributed by atoms with E-state index in [1.54, 1.807) is 0 Å². The Kier molecular flexibility index (Phi) is 3.55. The first-order valence-electron chi connectivity index (χ1n) is 6.90. The summed E-state index contributed by atoms with van der Waals surface area (Å²) in [5, 5.41) is 7.67. The molecule has 1 aliphatic rings. The molecule has 2 aromatic rings. The minimum absolute atomic E-state index is 0.695. The van der Waals surface area contributed by atoms with E-state index in [4.69, 9.17) is 4.98 Å². The summed E-state index contributed by atoms with van der Waals surface area (Å²) in [6.45, 7) is 5.15. The molecular weight excluding hydrogens is 238 g/mol. The number of hydrogen-bond donors (Lipinski definition) is 1. The molecule has 5 nitrogen and oxygen atoms in total. The third-order valence-electron chi connectivity index (χ3n) is 3.62. The van der Waals surface area contributed by atoms with Crippen molar-refractivity contribution in [3.63, 3.8) is 0 Å². The third kappa shape index (κ3) is 2.66. The summed E-state index contributed by atoms with van der Waals surface area (Å²) < 4.78 is 1.95. The molecule has 1 aliphatic heterocycles. The zero-order valence-electron chi connectivity index (χ0n) is 11.2. The minimum atomic E-state index is 0.695. The Balaban J connectivity index is 1.83. The summed E-state index contributed by atoms with van der Waals surface area (Å²) in [7, 11) is 0. The maximum absolute atomic E-state index is 4.74. The van der Waals surface area contributed by atoms with Crippen LogP contribution in [0.25, 0.3) is 11.4 Å². The van der Waals surface area contributed by atoms with Crippen molar-refractivity contribution in [1.29, 1.82) is 0 Å². The summed E-state index contributed by atoms with van der Waals surface area (Å²) in [5.74, 6) is 0.695. The summed E-state index contributed by atoms with van der Waals surface area (Å²) in [5.41, 5.74) is 3.04. The van der Waals surface area contributed by atoms with Gasteiger partial charge in [-0.05, 0) is 44.8 Å². The molecule has 0 amide bonds. The first kappa shape index (κ1) is 12.3. The van der Waals surface area contributed by atoms with E-state index in [9.17, 15) is 0 Å². The number of hydrogen-bond acceptors (Lipinski definition) is 4. The highest BCUT2D eigenvalue weighted by molar-refractivity contribution is 5.52. The molecule has 0 radical (unpaired) electrons. The van der Waals surface area contributed by atoms with Gasteiger partial charge in [-0.2, -0.15) is 5.10 Å². The van der Waals surface area contributed by atoms with Crippen LogP contribution in [0.3, 0.4) is 0 Å². The van der Waals surface area contributed by atoms with Crippen molar-refractivity contribution in [2.75, 3.05) is 13.1 Å². The lowest BCUT2D eigenvalue weighted by Gasteiger charge is -2.09. The zero-order valence-corrected chi connectivity index (χ0v) is 11.2. The van der Waals surface area contributed by atoms with E-state index in [0.29, 0.717) is 5.92 Å². The fourth-order valence-electron chi connectivity index (χ4n) is 2.61. The number of nitrogens with zero attached hydrogens (tertiary/aromatic N) is 4. The van der Waals surface area contributed by atoms with Crippen LogP contribution in [0.2, 0.25) is 0 Å². The van der Waals surface area contributed by atoms with Crippen LogP contribution >= 0.6 is 0 Å². The van der Waals surface area contributed by atoms with Gasteiger partial charge in [0.2, 0.25) is 0 Å². The molecule has 1 atom stereocenters. The zero-order chi connectivity index (χ0) is 13.1. The molecule has 3 heterocycles. The molecule has 1 saturated heterocycles. The van der Waals surface area contributed by atoms with Crippen LogP contribution in [0.1, 0.15) is 19.0 Å². The highest BCUT2D eigenvalue weighted by Crippen LogP contribution is 2.18. The highest BCUT2D eigenvalue weighted by atomic mass is 15.3. The molecule has 0 aromatic carbocycles. The van der Waals surface area contributed by atoms with Crippen LogP contribution < -0.4 is 5.32 Å². The second-order valence-corrected chi connectivity index (χ2v) is 4.99. The van der Waals surface area contributed by atoms with Crippen molar-refractivity contribution in [1.82, 2.24) is 25.1 Å². The molecule has 1 N–H and O–H groups in total. The third-order valence-corrected chi connectivity index (χ3v) is 3.62. The lowest BCUT2D eigenvalue weighted by molar-refractivity contribution is 0.570. The average Bonchev–Trinajstić information content (AvgIpc) is 3.09. The van der Waals surface area contributed by atoms with Gasteiger partial charge in [0, 0.05) is 18.9 Å². The molecule has 100 valence electrons. The lowest BCUT2D eigenvalue weighted by atomic mass is 10.0. The van der Waals surface area contributed by atoms with Crippen molar-refractivity contribution in [3.8, 4) is 11.4 Å². The van der Waals surface area contributed by atoms with Gasteiger partial charge in [-0.3, -0.25) is 9.67 Å². The van der Waals surface area contributed by atoms with Crippen LogP contribution in [0, 0.1) is 5.92 Å². The van der Waals surface area contributed by atoms with Gasteiger partial charge in [0.15, 0.2) is 0 Å². The standard InChI is InChI=1S/C14H19N5/c1-2-19-14(4-6-17-19)13-10-16-9-12(18-13)7-11-3-5-15-8-11/h4,6,9-11,15H,2-3,5,7-8H2,1H3. The van der Waals surface area contributed by atoms with Crippen LogP contribution in [0.15, 0.2) is 24.7 Å². The largest absolute Gasteiger partial charge is 0.316 e. The first-order valence-corrected chi connectivity index (χ1v) is 6.90. The van der Waals surface area contributed by atoms with E-state index in [1.807, 2.05) is 29.3 Å². The highest BCUT2D eigenvalue weighted by Gasteiger charge is 2.16. The SMILES string of the molecule is CCn1nccc1-c1cncc(CC2CCNC2)n1. The van der Waals surface area contributed by atoms with Gasteiger partial charge < -0.3 is 5.32 Å². The Morgan fingerprint density at radius 2 is 2.37 bits per heavy atom. The predicted molar refractivity (Wildman–Crippen MR) is 73.6 cm³/mol. The van der Waals surface area contributed by atoms with Gasteiger partial charge >= 0.3 is 0 Å². The summed E-state index contributed by atoms with van der Waals surface area (Å²) in [6, 6.07) is 1.99. The maximum Gasteiger partial charge on any atom is 0.107 e. The molecule has 1 fully saturated rings. The molecule has 5 heteroatoms. The van der Waals surface area contributed by atoms with Crippen LogP contribution in [-0.4, -0.2) is 32.8 Å². The summed E-state index contributed by atoms with van der Waals surface area (Å²) >= 11 is 0. The molecule has 1 unspecified atom stereocenters. The van der Waals surface area contributed by atoms with E-state index in [0.717, 1.165) is 43.1 Å². The van der Waals surface area contributed by atoms with E-state index in [1.165, 1.54) is 6.42 Å². The van der Waals surface area contributed by atoms with Crippen molar-refractivity contribution >= 4 is 0 Å². The lowest BCUT2D eigenvalue weighted by Crippen LogP contribution is -2.12. The van der Waals surface area contributed by atoms with Gasteiger partial charge in [0.05, 0.1) is 17.6 Å². The number of nitrogens with one attached hydrogen (secondary N) is 1. The second-order valence-electron chi connectivity index (χ2n) is 4.99. The maximum atomic E-state index is 4.74. The Morgan fingerprint density at radius 1 is 1.42 bits per heavy atom. The summed E-state index contributed by atoms with van der Waals surface area (Å²) in [4.78, 5) is 9.07. The molecular formula is C14H19N5. The number of aryl methyl sites for hydroxylation is 1. The smallest absolute Gasteiger partial charge is 0.107 e. The summed E-state index contributed by atoms with van der Waals surface area (Å²) in [6.07, 6.45) is 7.76. The Hall–Kier alpha value is -1.75. The van der Waals surface area contributed by atoms with E-state index >= 15 is 0 Å². The van der Waals surface area contributed by atoms with E-state index < -0.39 is 0 Å². The Morgan fingerprint density at radius 3 is 3.16 bits per heavy atom. The van der Waals surface area contributed by atoms with Crippen LogP contribution in [0.4, 0.5) is 0 Å². The van der Waals surface area contributed by atoms with Crippen molar-refractivity contribution < 1.29 is 0 Å². The predicted octanol–water partition coefficient (Wildman–Crippen LogP) is 1.51. The van der Waals surface area contributed by atoms with Crippen molar-refractivity contribution in [2.24, 2.45) is 5.92 Å². The number of rotatable bonds is 4. The molecule has 0 spiro atoms. The van der Waals surface area contributed by atoms with E-state index in [-0.39, 0.29) is 0 Å². The monoisotopic (exact) mass is 257 g/mol. The first-order chi connectivity index (χ1) is 9.36. The molecule has 2 aromatic heterocycles. The minimum Gasteiger partial charge on any atom is -0.316 e. The van der Waals surface area contributed by atoms with Crippen molar-refractivity contribution in [3.05, 3.63) is 30.4 Å². The van der Waals surface area contributed by atoms with Crippen LogP contribution in [0.5, 0.6) is 0 Å². The van der Waals surface area contributed by atoms with Gasteiger partial charge in [-0.15, -0.1) is 0 Å². The fraction of sp³-hybridized carbons (Fsp3) is 0.500. The topological polar surface area (TPSA) is 55.6 Å². The quantitative estimate of drug-likeness (QED) is 0.902. The fourth-order valence-corrected chi connectivity index (χ4v) is 2.61. The van der Waals surface area contributed by atoms with Gasteiger partial charge in [0.25, 0.3) is 0 Å².